The number of carbonyl (C=O) groups is 2. The lowest BCUT2D eigenvalue weighted by atomic mass is 10.1. The van der Waals surface area contributed by atoms with Gasteiger partial charge in [0, 0.05) is 10.4 Å². The van der Waals surface area contributed by atoms with Crippen LogP contribution in [-0.2, 0) is 4.79 Å². The van der Waals surface area contributed by atoms with E-state index in [0.29, 0.717) is 17.1 Å². The highest BCUT2D eigenvalue weighted by Gasteiger charge is 2.17. The molecule has 0 bridgehead atoms. The fraction of sp³-hybridized carbons (Fsp3) is 0.571. The molecule has 1 aromatic rings. The van der Waals surface area contributed by atoms with Crippen LogP contribution in [0.3, 0.4) is 0 Å². The van der Waals surface area contributed by atoms with E-state index in [4.69, 9.17) is 0 Å². The summed E-state index contributed by atoms with van der Waals surface area (Å²) >= 11 is 1.28. The average Bonchev–Trinajstić information content (AvgIpc) is 2.61. The van der Waals surface area contributed by atoms with E-state index >= 15 is 0 Å². The summed E-state index contributed by atoms with van der Waals surface area (Å²) in [5.74, 6) is -1.41. The molecule has 20 heavy (non-hydrogen) atoms. The molecule has 112 valence electrons. The third-order valence-electron chi connectivity index (χ3n) is 3.26. The number of hydrogen-bond acceptors (Lipinski definition) is 4. The molecule has 2 N–H and O–H groups in total. The molecule has 0 aromatic carbocycles. The van der Waals surface area contributed by atoms with Crippen LogP contribution in [0.1, 0.15) is 40.6 Å². The van der Waals surface area contributed by atoms with Gasteiger partial charge in [0.1, 0.15) is 5.00 Å². The van der Waals surface area contributed by atoms with Crippen LogP contribution < -0.4 is 15.3 Å². The van der Waals surface area contributed by atoms with Crippen LogP contribution in [0.2, 0.25) is 0 Å². The van der Waals surface area contributed by atoms with Crippen LogP contribution in [0, 0.1) is 13.8 Å². The molecule has 1 atom stereocenters. The molecule has 1 unspecified atom stereocenters. The fourth-order valence-corrected chi connectivity index (χ4v) is 3.04. The highest BCUT2D eigenvalue weighted by molar-refractivity contribution is 7.16. The van der Waals surface area contributed by atoms with Gasteiger partial charge in [-0.2, -0.15) is 0 Å². The van der Waals surface area contributed by atoms with E-state index in [1.165, 1.54) is 11.3 Å². The van der Waals surface area contributed by atoms with Crippen molar-refractivity contribution in [3.8, 4) is 0 Å². The Morgan fingerprint density at radius 1 is 1.35 bits per heavy atom. The van der Waals surface area contributed by atoms with Crippen molar-refractivity contribution in [2.45, 2.75) is 33.6 Å². The second-order valence-corrected chi connectivity index (χ2v) is 6.29. The summed E-state index contributed by atoms with van der Waals surface area (Å²) in [6.45, 7) is 6.94. The number of carboxylic acids is 1. The summed E-state index contributed by atoms with van der Waals surface area (Å²) in [5, 5.41) is 14.2. The minimum Gasteiger partial charge on any atom is -0.545 e. The van der Waals surface area contributed by atoms with Gasteiger partial charge in [-0.25, -0.2) is 0 Å². The van der Waals surface area contributed by atoms with E-state index in [1.807, 2.05) is 14.0 Å². The molecule has 0 spiro atoms. The number of hydrogen-bond donors (Lipinski definition) is 2. The number of amides is 1. The molecule has 0 aliphatic carbocycles. The Kier molecular flexibility index (Phi) is 6.16. The van der Waals surface area contributed by atoms with Gasteiger partial charge in [0.25, 0.3) is 5.91 Å². The SMILES string of the molecule is CCCC[NH+](C)CC(=O)Nc1sc(C)c(C)c1C(=O)[O-]. The minimum absolute atomic E-state index is 0.104. The number of likely N-dealkylation sites (N-methyl/N-ethyl adjacent to an activating group) is 1. The molecule has 1 aromatic heterocycles. The molecule has 6 heteroatoms. The van der Waals surface area contributed by atoms with E-state index in [9.17, 15) is 14.7 Å². The second kappa shape index (κ2) is 7.40. The van der Waals surface area contributed by atoms with Crippen molar-refractivity contribution in [2.24, 2.45) is 0 Å². The van der Waals surface area contributed by atoms with E-state index in [1.54, 1.807) is 6.92 Å². The average molecular weight is 298 g/mol. The van der Waals surface area contributed by atoms with E-state index < -0.39 is 5.97 Å². The Balaban J connectivity index is 2.71. The Hall–Kier alpha value is -1.40. The monoisotopic (exact) mass is 298 g/mol. The number of aryl methyl sites for hydroxylation is 1. The maximum absolute atomic E-state index is 11.9. The summed E-state index contributed by atoms with van der Waals surface area (Å²) < 4.78 is 0. The maximum Gasteiger partial charge on any atom is 0.280 e. The lowest BCUT2D eigenvalue weighted by Crippen LogP contribution is -3.10. The first-order valence-corrected chi connectivity index (χ1v) is 7.60. The zero-order valence-electron chi connectivity index (χ0n) is 12.5. The summed E-state index contributed by atoms with van der Waals surface area (Å²) in [6, 6.07) is 0. The smallest absolute Gasteiger partial charge is 0.280 e. The van der Waals surface area contributed by atoms with Crippen LogP contribution in [0.25, 0.3) is 0 Å². The Labute approximate surface area is 123 Å². The largest absolute Gasteiger partial charge is 0.545 e. The molecule has 0 fully saturated rings. The molecule has 0 aliphatic rings. The van der Waals surface area contributed by atoms with Crippen LogP contribution in [-0.4, -0.2) is 32.0 Å². The molecule has 0 saturated heterocycles. The van der Waals surface area contributed by atoms with Gasteiger partial charge in [-0.1, -0.05) is 13.3 Å². The quantitative estimate of drug-likeness (QED) is 0.743. The third kappa shape index (κ3) is 4.31. The lowest BCUT2D eigenvalue weighted by Gasteiger charge is -2.13. The Bertz CT molecular complexity index is 497. The van der Waals surface area contributed by atoms with Gasteiger partial charge in [0.2, 0.25) is 0 Å². The number of carboxylic acid groups (broad SMARTS) is 1. The molecular weight excluding hydrogens is 276 g/mol. The van der Waals surface area contributed by atoms with Crippen molar-refractivity contribution in [1.82, 2.24) is 0 Å². The topological polar surface area (TPSA) is 73.7 Å². The zero-order chi connectivity index (χ0) is 15.3. The van der Waals surface area contributed by atoms with Crippen LogP contribution in [0.5, 0.6) is 0 Å². The van der Waals surface area contributed by atoms with Crippen molar-refractivity contribution in [2.75, 3.05) is 25.5 Å². The Morgan fingerprint density at radius 3 is 2.55 bits per heavy atom. The van der Waals surface area contributed by atoms with Gasteiger partial charge >= 0.3 is 0 Å². The van der Waals surface area contributed by atoms with E-state index in [2.05, 4.69) is 12.2 Å². The predicted molar refractivity (Wildman–Crippen MR) is 78.3 cm³/mol. The number of anilines is 1. The predicted octanol–water partition coefficient (Wildman–Crippen LogP) is -0.0183. The van der Waals surface area contributed by atoms with E-state index in [-0.39, 0.29) is 11.5 Å². The van der Waals surface area contributed by atoms with Crippen LogP contribution >= 0.6 is 11.3 Å². The van der Waals surface area contributed by atoms with Gasteiger partial charge in [0.05, 0.1) is 19.6 Å². The van der Waals surface area contributed by atoms with Crippen molar-refractivity contribution in [3.63, 3.8) is 0 Å². The number of thiophene rings is 1. The van der Waals surface area contributed by atoms with Gasteiger partial charge in [-0.05, 0) is 25.8 Å². The number of quaternary nitrogens is 1. The van der Waals surface area contributed by atoms with Gasteiger partial charge < -0.3 is 20.1 Å². The first-order valence-electron chi connectivity index (χ1n) is 6.79. The lowest BCUT2D eigenvalue weighted by molar-refractivity contribution is -0.871. The number of unbranched alkanes of at least 4 members (excludes halogenated alkanes) is 1. The number of aromatic carboxylic acids is 1. The maximum atomic E-state index is 11.9. The van der Waals surface area contributed by atoms with Crippen LogP contribution in [0.15, 0.2) is 0 Å². The number of carbonyl (C=O) groups excluding carboxylic acids is 2. The second-order valence-electron chi connectivity index (χ2n) is 5.06. The highest BCUT2D eigenvalue weighted by Crippen LogP contribution is 2.31. The first-order chi connectivity index (χ1) is 9.36. The molecule has 1 amide bonds. The molecule has 1 rings (SSSR count). The first kappa shape index (κ1) is 16.7. The standard InChI is InChI=1S/C14H22N2O3S/c1-5-6-7-16(4)8-11(17)15-13-12(14(18)19)9(2)10(3)20-13/h5-8H2,1-4H3,(H,15,17)(H,18,19). The summed E-state index contributed by atoms with van der Waals surface area (Å²) in [4.78, 5) is 25.1. The van der Waals surface area contributed by atoms with Gasteiger partial charge in [0.15, 0.2) is 6.54 Å². The van der Waals surface area contributed by atoms with E-state index in [0.717, 1.165) is 29.2 Å². The number of rotatable bonds is 7. The van der Waals surface area contributed by atoms with Crippen molar-refractivity contribution < 1.29 is 19.6 Å². The Morgan fingerprint density at radius 2 is 2.00 bits per heavy atom. The third-order valence-corrected chi connectivity index (χ3v) is 4.38. The molecule has 5 nitrogen and oxygen atoms in total. The van der Waals surface area contributed by atoms with Crippen molar-refractivity contribution in [1.29, 1.82) is 0 Å². The van der Waals surface area contributed by atoms with Crippen molar-refractivity contribution in [3.05, 3.63) is 16.0 Å². The zero-order valence-corrected chi connectivity index (χ0v) is 13.3. The molecular formula is C14H22N2O3S. The minimum atomic E-state index is -1.24. The summed E-state index contributed by atoms with van der Waals surface area (Å²) in [5.41, 5.74) is 0.768. The van der Waals surface area contributed by atoms with Crippen molar-refractivity contribution >= 4 is 28.2 Å². The molecule has 1 heterocycles. The molecule has 0 aliphatic heterocycles. The highest BCUT2D eigenvalue weighted by atomic mass is 32.1. The normalized spacial score (nSPS) is 12.2. The summed E-state index contributed by atoms with van der Waals surface area (Å²) in [7, 11) is 1.96. The number of nitrogens with one attached hydrogen (secondary N) is 2. The van der Waals surface area contributed by atoms with Gasteiger partial charge in [-0.15, -0.1) is 11.3 Å². The summed E-state index contributed by atoms with van der Waals surface area (Å²) in [6.07, 6.45) is 2.16. The molecule has 0 radical (unpaired) electrons. The van der Waals surface area contributed by atoms with Gasteiger partial charge in [-0.3, -0.25) is 4.79 Å². The fourth-order valence-electron chi connectivity index (χ4n) is 1.97. The van der Waals surface area contributed by atoms with Crippen LogP contribution in [0.4, 0.5) is 5.00 Å². The molecule has 0 saturated carbocycles.